The van der Waals surface area contributed by atoms with Crippen LogP contribution >= 0.6 is 0 Å². The van der Waals surface area contributed by atoms with Crippen molar-refractivity contribution in [3.63, 3.8) is 0 Å². The van der Waals surface area contributed by atoms with E-state index in [0.29, 0.717) is 0 Å². The monoisotopic (exact) mass is 190 g/mol. The van der Waals surface area contributed by atoms with Crippen molar-refractivity contribution < 1.29 is 0 Å². The third kappa shape index (κ3) is 3.37. The Labute approximate surface area is 88.7 Å². The molecule has 0 heteroatoms. The van der Waals surface area contributed by atoms with Gasteiger partial charge < -0.3 is 0 Å². The van der Waals surface area contributed by atoms with Gasteiger partial charge in [-0.05, 0) is 38.5 Å². The molecule has 0 aromatic rings. The lowest BCUT2D eigenvalue weighted by Crippen LogP contribution is -1.90. The first-order valence-electron chi connectivity index (χ1n) is 5.22. The van der Waals surface area contributed by atoms with Crippen LogP contribution in [0.2, 0.25) is 0 Å². The van der Waals surface area contributed by atoms with Crippen molar-refractivity contribution in [3.8, 4) is 0 Å². The number of fused-ring (bicyclic) bond motifs is 2. The average molecular weight is 190 g/mol. The van der Waals surface area contributed by atoms with Crippen LogP contribution in [0.1, 0.15) is 26.7 Å². The van der Waals surface area contributed by atoms with Crippen molar-refractivity contribution in [2.45, 2.75) is 26.7 Å². The Hall–Kier alpha value is -1.04. The van der Waals surface area contributed by atoms with Gasteiger partial charge in [0.1, 0.15) is 0 Å². The molecular weight excluding hydrogens is 168 g/mol. The molecule has 0 spiro atoms. The summed E-state index contributed by atoms with van der Waals surface area (Å²) in [5.74, 6) is 1.74. The van der Waals surface area contributed by atoms with Gasteiger partial charge in [-0.2, -0.15) is 0 Å². The minimum atomic E-state index is 0.833. The molecule has 2 aliphatic rings. The summed E-state index contributed by atoms with van der Waals surface area (Å²) in [5.41, 5.74) is 1.67. The number of rotatable bonds is 0. The van der Waals surface area contributed by atoms with Crippen LogP contribution in [0, 0.1) is 11.8 Å². The highest BCUT2D eigenvalue weighted by Gasteiger charge is 2.29. The maximum atomic E-state index is 3.36. The Kier molecular flexibility index (Phi) is 6.82. The highest BCUT2D eigenvalue weighted by atomic mass is 14.3. The molecule has 0 amide bonds. The smallest absolute Gasteiger partial charge is 0.00174 e. The van der Waals surface area contributed by atoms with Crippen molar-refractivity contribution in [3.05, 3.63) is 49.6 Å². The normalized spacial score (nSPS) is 28.9. The molecule has 0 aromatic carbocycles. The topological polar surface area (TPSA) is 0 Å². The molecule has 2 atom stereocenters. The van der Waals surface area contributed by atoms with E-state index in [1.807, 2.05) is 6.92 Å². The van der Waals surface area contributed by atoms with Crippen molar-refractivity contribution >= 4 is 0 Å². The Balaban J connectivity index is 0.000000294. The minimum absolute atomic E-state index is 0.833. The summed E-state index contributed by atoms with van der Waals surface area (Å²) in [4.78, 5) is 0. The zero-order valence-corrected chi connectivity index (χ0v) is 9.50. The molecular formula is C14H22. The van der Waals surface area contributed by atoms with E-state index in [1.165, 1.54) is 12.8 Å². The molecule has 0 aromatic heterocycles. The van der Waals surface area contributed by atoms with E-state index in [2.05, 4.69) is 44.9 Å². The van der Waals surface area contributed by atoms with Crippen molar-refractivity contribution in [1.29, 1.82) is 0 Å². The van der Waals surface area contributed by atoms with Crippen molar-refractivity contribution in [2.75, 3.05) is 0 Å². The number of allylic oxidation sites excluding steroid dienone is 5. The molecule has 2 unspecified atom stereocenters. The van der Waals surface area contributed by atoms with Crippen LogP contribution in [0.4, 0.5) is 0 Å². The lowest BCUT2D eigenvalue weighted by atomic mass is 10.0. The van der Waals surface area contributed by atoms with Gasteiger partial charge in [-0.25, -0.2) is 0 Å². The first kappa shape index (κ1) is 13.0. The predicted octanol–water partition coefficient (Wildman–Crippen LogP) is 4.52. The second kappa shape index (κ2) is 7.37. The third-order valence-corrected chi connectivity index (χ3v) is 2.52. The molecule has 0 aliphatic heterocycles. The molecule has 1 saturated carbocycles. The second-order valence-corrected chi connectivity index (χ2v) is 3.46. The van der Waals surface area contributed by atoms with Gasteiger partial charge in [0.2, 0.25) is 0 Å². The van der Waals surface area contributed by atoms with Crippen LogP contribution in [0.3, 0.4) is 0 Å². The number of hydrogen-bond donors (Lipinski definition) is 0. The molecule has 0 heterocycles. The quantitative estimate of drug-likeness (QED) is 0.492. The molecule has 0 radical (unpaired) electrons. The van der Waals surface area contributed by atoms with Crippen LogP contribution in [-0.4, -0.2) is 0 Å². The Morgan fingerprint density at radius 3 is 2.07 bits per heavy atom. The van der Waals surface area contributed by atoms with Crippen LogP contribution in [-0.2, 0) is 0 Å². The minimum Gasteiger partial charge on any atom is -0.106 e. The van der Waals surface area contributed by atoms with E-state index in [-0.39, 0.29) is 0 Å². The predicted molar refractivity (Wildman–Crippen MR) is 66.2 cm³/mol. The molecule has 78 valence electrons. The first-order chi connectivity index (χ1) is 6.81. The maximum Gasteiger partial charge on any atom is -0.00174 e. The van der Waals surface area contributed by atoms with Crippen LogP contribution in [0.5, 0.6) is 0 Å². The fourth-order valence-corrected chi connectivity index (χ4v) is 1.99. The van der Waals surface area contributed by atoms with Gasteiger partial charge in [-0.15, -0.1) is 19.7 Å². The molecule has 0 N–H and O–H groups in total. The number of hydrogen-bond acceptors (Lipinski definition) is 0. The van der Waals surface area contributed by atoms with Crippen LogP contribution in [0.15, 0.2) is 49.6 Å². The summed E-state index contributed by atoms with van der Waals surface area (Å²) < 4.78 is 0. The summed E-state index contributed by atoms with van der Waals surface area (Å²) in [6.07, 6.45) is 11.5. The standard InChI is InChI=1S/C9H12.C3H6.C2H4/c1-2-8-5-7-3-4-9(8)6-7;1-3-2;1-2/h2-4,7,9H,5-6H2,1H3;3H,1H2,2H3;1-2H2. The molecule has 14 heavy (non-hydrogen) atoms. The van der Waals surface area contributed by atoms with E-state index in [9.17, 15) is 0 Å². The third-order valence-electron chi connectivity index (χ3n) is 2.52. The zero-order chi connectivity index (χ0) is 11.0. The average Bonchev–Trinajstić information content (AvgIpc) is 2.83. The lowest BCUT2D eigenvalue weighted by molar-refractivity contribution is 0.693. The van der Waals surface area contributed by atoms with E-state index in [4.69, 9.17) is 0 Å². The van der Waals surface area contributed by atoms with E-state index in [1.54, 1.807) is 11.6 Å². The Morgan fingerprint density at radius 1 is 1.29 bits per heavy atom. The largest absolute Gasteiger partial charge is 0.106 e. The van der Waals surface area contributed by atoms with Gasteiger partial charge in [-0.3, -0.25) is 0 Å². The fourth-order valence-electron chi connectivity index (χ4n) is 1.99. The van der Waals surface area contributed by atoms with Crippen molar-refractivity contribution in [2.24, 2.45) is 11.8 Å². The highest BCUT2D eigenvalue weighted by Crippen LogP contribution is 2.42. The second-order valence-electron chi connectivity index (χ2n) is 3.46. The lowest BCUT2D eigenvalue weighted by Gasteiger charge is -2.05. The summed E-state index contributed by atoms with van der Waals surface area (Å²) in [6.45, 7) is 13.4. The summed E-state index contributed by atoms with van der Waals surface area (Å²) >= 11 is 0. The summed E-state index contributed by atoms with van der Waals surface area (Å²) in [6, 6.07) is 0. The maximum absolute atomic E-state index is 3.36. The highest BCUT2D eigenvalue weighted by molar-refractivity contribution is 5.26. The van der Waals surface area contributed by atoms with Gasteiger partial charge in [-0.1, -0.05) is 29.9 Å². The summed E-state index contributed by atoms with van der Waals surface area (Å²) in [5, 5.41) is 0. The Bertz CT molecular complexity index is 220. The van der Waals surface area contributed by atoms with Gasteiger partial charge in [0.25, 0.3) is 0 Å². The molecule has 2 bridgehead atoms. The molecule has 2 aliphatic carbocycles. The van der Waals surface area contributed by atoms with Crippen LogP contribution in [0.25, 0.3) is 0 Å². The van der Waals surface area contributed by atoms with Crippen LogP contribution < -0.4 is 0 Å². The van der Waals surface area contributed by atoms with E-state index >= 15 is 0 Å². The molecule has 0 nitrogen and oxygen atoms in total. The molecule has 0 saturated heterocycles. The SMILES string of the molecule is C=C.C=CC.CC=C1CC2C=CC1C2. The molecule has 2 rings (SSSR count). The van der Waals surface area contributed by atoms with Gasteiger partial charge >= 0.3 is 0 Å². The van der Waals surface area contributed by atoms with Gasteiger partial charge in [0, 0.05) is 0 Å². The Morgan fingerprint density at radius 2 is 1.86 bits per heavy atom. The first-order valence-corrected chi connectivity index (χ1v) is 5.22. The van der Waals surface area contributed by atoms with E-state index in [0.717, 1.165) is 11.8 Å². The van der Waals surface area contributed by atoms with Gasteiger partial charge in [0.05, 0.1) is 0 Å². The zero-order valence-electron chi connectivity index (χ0n) is 9.50. The summed E-state index contributed by atoms with van der Waals surface area (Å²) in [7, 11) is 0. The molecule has 1 fully saturated rings. The van der Waals surface area contributed by atoms with Crippen molar-refractivity contribution in [1.82, 2.24) is 0 Å². The fraction of sp³-hybridized carbons (Fsp3) is 0.429. The van der Waals surface area contributed by atoms with Gasteiger partial charge in [0.15, 0.2) is 0 Å². The van der Waals surface area contributed by atoms with E-state index < -0.39 is 0 Å².